The van der Waals surface area contributed by atoms with E-state index in [0.717, 1.165) is 47.9 Å². The molecule has 1 aliphatic rings. The Hall–Kier alpha value is -1.96. The summed E-state index contributed by atoms with van der Waals surface area (Å²) in [6.07, 6.45) is 2.14. The van der Waals surface area contributed by atoms with Gasteiger partial charge in [-0.1, -0.05) is 37.3 Å². The number of piperidine rings is 1. The highest BCUT2D eigenvalue weighted by atomic mass is 32.1. The fourth-order valence-corrected chi connectivity index (χ4v) is 4.70. The number of thiophene rings is 1. The summed E-state index contributed by atoms with van der Waals surface area (Å²) < 4.78 is 5.23. The van der Waals surface area contributed by atoms with Gasteiger partial charge >= 0.3 is 5.97 Å². The van der Waals surface area contributed by atoms with Crippen molar-refractivity contribution in [1.82, 2.24) is 10.2 Å². The van der Waals surface area contributed by atoms with Crippen molar-refractivity contribution >= 4 is 39.6 Å². The smallest absolute Gasteiger partial charge is 0.341 e. The molecular weight excluding hydrogens is 390 g/mol. The van der Waals surface area contributed by atoms with Gasteiger partial charge in [-0.15, -0.1) is 11.3 Å². The standard InChI is InChI=1S/C21H27N3O2S2/c1-3-24-12-10-16(11-13-24)22-21(27)23-19-17(20(25)26-4-2)14-18(28-19)15-8-6-5-7-9-15/h5-9,14,16H,3-4,10-13H2,1-2H3,(H2,22,23,27). The first-order chi connectivity index (χ1) is 13.6. The Morgan fingerprint density at radius 1 is 1.25 bits per heavy atom. The lowest BCUT2D eigenvalue weighted by Gasteiger charge is -2.32. The van der Waals surface area contributed by atoms with Gasteiger partial charge in [-0.25, -0.2) is 4.79 Å². The summed E-state index contributed by atoms with van der Waals surface area (Å²) in [4.78, 5) is 15.9. The third-order valence-corrected chi connectivity index (χ3v) is 6.20. The minimum atomic E-state index is -0.331. The molecule has 7 heteroatoms. The largest absolute Gasteiger partial charge is 0.462 e. The molecule has 0 saturated carbocycles. The molecule has 0 aliphatic carbocycles. The summed E-state index contributed by atoms with van der Waals surface area (Å²) >= 11 is 7.04. The van der Waals surface area contributed by atoms with Crippen molar-refractivity contribution in [2.75, 3.05) is 31.6 Å². The van der Waals surface area contributed by atoms with E-state index in [1.807, 2.05) is 43.3 Å². The van der Waals surface area contributed by atoms with Gasteiger partial charge in [0.05, 0.1) is 12.2 Å². The molecule has 0 bridgehead atoms. The van der Waals surface area contributed by atoms with Crippen LogP contribution in [-0.4, -0.2) is 48.3 Å². The predicted molar refractivity (Wildman–Crippen MR) is 120 cm³/mol. The molecule has 0 amide bonds. The molecule has 150 valence electrons. The monoisotopic (exact) mass is 417 g/mol. The van der Waals surface area contributed by atoms with E-state index in [1.54, 1.807) is 0 Å². The van der Waals surface area contributed by atoms with Crippen molar-refractivity contribution in [2.45, 2.75) is 32.7 Å². The van der Waals surface area contributed by atoms with E-state index in [4.69, 9.17) is 17.0 Å². The van der Waals surface area contributed by atoms with Crippen LogP contribution in [0.25, 0.3) is 10.4 Å². The van der Waals surface area contributed by atoms with Crippen LogP contribution in [0.4, 0.5) is 5.00 Å². The molecule has 3 rings (SSSR count). The number of carbonyl (C=O) groups excluding carboxylic acids is 1. The number of hydrogen-bond acceptors (Lipinski definition) is 5. The van der Waals surface area contributed by atoms with Gasteiger partial charge in [-0.2, -0.15) is 0 Å². The van der Waals surface area contributed by atoms with Crippen molar-refractivity contribution < 1.29 is 9.53 Å². The van der Waals surface area contributed by atoms with E-state index in [0.29, 0.717) is 23.3 Å². The van der Waals surface area contributed by atoms with Gasteiger partial charge in [0.25, 0.3) is 0 Å². The molecule has 0 spiro atoms. The third kappa shape index (κ3) is 5.31. The number of anilines is 1. The maximum absolute atomic E-state index is 12.4. The van der Waals surface area contributed by atoms with Crippen molar-refractivity contribution in [2.24, 2.45) is 0 Å². The van der Waals surface area contributed by atoms with Crippen molar-refractivity contribution in [3.05, 3.63) is 42.0 Å². The molecule has 5 nitrogen and oxygen atoms in total. The van der Waals surface area contributed by atoms with E-state index >= 15 is 0 Å². The Balaban J connectivity index is 1.71. The Morgan fingerprint density at radius 3 is 2.61 bits per heavy atom. The number of esters is 1. The summed E-state index contributed by atoms with van der Waals surface area (Å²) in [6, 6.07) is 12.3. The minimum Gasteiger partial charge on any atom is -0.462 e. The van der Waals surface area contributed by atoms with Gasteiger partial charge in [0.2, 0.25) is 0 Å². The number of rotatable bonds is 6. The number of benzene rings is 1. The summed E-state index contributed by atoms with van der Waals surface area (Å²) in [5.41, 5.74) is 1.59. The maximum Gasteiger partial charge on any atom is 0.341 e. The zero-order valence-corrected chi connectivity index (χ0v) is 18.0. The third-order valence-electron chi connectivity index (χ3n) is 4.88. The zero-order valence-electron chi connectivity index (χ0n) is 16.4. The number of thiocarbonyl (C=S) groups is 1. The molecule has 1 fully saturated rings. The first kappa shape index (κ1) is 20.8. The fraction of sp³-hybridized carbons (Fsp3) is 0.429. The summed E-state index contributed by atoms with van der Waals surface area (Å²) in [5, 5.41) is 7.92. The van der Waals surface area contributed by atoms with Crippen LogP contribution in [0, 0.1) is 0 Å². The Morgan fingerprint density at radius 2 is 1.96 bits per heavy atom. The quantitative estimate of drug-likeness (QED) is 0.538. The topological polar surface area (TPSA) is 53.6 Å². The highest BCUT2D eigenvalue weighted by molar-refractivity contribution is 7.80. The van der Waals surface area contributed by atoms with E-state index in [2.05, 4.69) is 22.5 Å². The highest BCUT2D eigenvalue weighted by Crippen LogP contribution is 2.36. The lowest BCUT2D eigenvalue weighted by molar-refractivity contribution is 0.0528. The van der Waals surface area contributed by atoms with Gasteiger partial charge in [0.15, 0.2) is 5.11 Å². The number of ether oxygens (including phenoxy) is 1. The second kappa shape index (κ2) is 10.0. The van der Waals surface area contributed by atoms with Gasteiger partial charge < -0.3 is 20.3 Å². The molecule has 1 aromatic heterocycles. The molecule has 2 heterocycles. The van der Waals surface area contributed by atoms with E-state index in [1.165, 1.54) is 11.3 Å². The average molecular weight is 418 g/mol. The number of carbonyl (C=O) groups is 1. The van der Waals surface area contributed by atoms with Gasteiger partial charge in [0.1, 0.15) is 5.00 Å². The molecule has 0 unspecified atom stereocenters. The zero-order chi connectivity index (χ0) is 19.9. The van der Waals surface area contributed by atoms with E-state index in [9.17, 15) is 4.79 Å². The first-order valence-electron chi connectivity index (χ1n) is 9.77. The lowest BCUT2D eigenvalue weighted by Crippen LogP contribution is -2.45. The van der Waals surface area contributed by atoms with E-state index < -0.39 is 0 Å². The molecule has 1 aliphatic heterocycles. The molecule has 2 N–H and O–H groups in total. The number of nitrogens with zero attached hydrogens (tertiary/aromatic N) is 1. The van der Waals surface area contributed by atoms with E-state index in [-0.39, 0.29) is 5.97 Å². The Kier molecular flexibility index (Phi) is 7.42. The molecular formula is C21H27N3O2S2. The van der Waals surface area contributed by atoms with Crippen molar-refractivity contribution in [1.29, 1.82) is 0 Å². The van der Waals surface area contributed by atoms with Crippen LogP contribution in [0.15, 0.2) is 36.4 Å². The predicted octanol–water partition coefficient (Wildman–Crippen LogP) is 4.36. The van der Waals surface area contributed by atoms with Crippen molar-refractivity contribution in [3.8, 4) is 10.4 Å². The van der Waals surface area contributed by atoms with Gasteiger partial charge in [-0.05, 0) is 50.2 Å². The second-order valence-electron chi connectivity index (χ2n) is 6.75. The average Bonchev–Trinajstić information content (AvgIpc) is 3.13. The number of likely N-dealkylation sites (tertiary alicyclic amines) is 1. The van der Waals surface area contributed by atoms with Gasteiger partial charge in [-0.3, -0.25) is 0 Å². The van der Waals surface area contributed by atoms with Crippen LogP contribution < -0.4 is 10.6 Å². The van der Waals surface area contributed by atoms with Crippen LogP contribution in [0.2, 0.25) is 0 Å². The molecule has 2 aromatic rings. The van der Waals surface area contributed by atoms with Crippen LogP contribution in [-0.2, 0) is 4.74 Å². The molecule has 0 radical (unpaired) electrons. The lowest BCUT2D eigenvalue weighted by atomic mass is 10.1. The summed E-state index contributed by atoms with van der Waals surface area (Å²) in [7, 11) is 0. The summed E-state index contributed by atoms with van der Waals surface area (Å²) in [6.45, 7) is 7.61. The molecule has 1 saturated heterocycles. The molecule has 28 heavy (non-hydrogen) atoms. The molecule has 0 atom stereocenters. The number of hydrogen-bond donors (Lipinski definition) is 2. The SMILES string of the molecule is CCOC(=O)c1cc(-c2ccccc2)sc1NC(=S)NC1CCN(CC)CC1. The van der Waals surface area contributed by atoms with Crippen molar-refractivity contribution in [3.63, 3.8) is 0 Å². The Bertz CT molecular complexity index is 799. The normalized spacial score (nSPS) is 15.2. The molecule has 1 aromatic carbocycles. The van der Waals surface area contributed by atoms with Crippen LogP contribution in [0.5, 0.6) is 0 Å². The Labute approximate surface area is 176 Å². The van der Waals surface area contributed by atoms with Crippen LogP contribution in [0.1, 0.15) is 37.0 Å². The maximum atomic E-state index is 12.4. The van der Waals surface area contributed by atoms with Gasteiger partial charge in [0, 0.05) is 24.0 Å². The number of nitrogens with one attached hydrogen (secondary N) is 2. The summed E-state index contributed by atoms with van der Waals surface area (Å²) in [5.74, 6) is -0.331. The van der Waals surface area contributed by atoms with Crippen LogP contribution >= 0.6 is 23.6 Å². The van der Waals surface area contributed by atoms with Crippen LogP contribution in [0.3, 0.4) is 0 Å². The highest BCUT2D eigenvalue weighted by Gasteiger charge is 2.21. The first-order valence-corrected chi connectivity index (χ1v) is 11.0. The second-order valence-corrected chi connectivity index (χ2v) is 8.21. The minimum absolute atomic E-state index is 0.331. The fourth-order valence-electron chi connectivity index (χ4n) is 3.31.